The summed E-state index contributed by atoms with van der Waals surface area (Å²) in [6.07, 6.45) is 0. The van der Waals surface area contributed by atoms with E-state index in [0.29, 0.717) is 22.4 Å². The number of anilines is 2. The molecule has 0 atom stereocenters. The van der Waals surface area contributed by atoms with Crippen molar-refractivity contribution in [1.29, 1.82) is 5.26 Å². The number of rotatable bonds is 1. The Hall–Kier alpha value is -2.68. The first-order valence-electron chi connectivity index (χ1n) is 5.54. The van der Waals surface area contributed by atoms with E-state index in [-0.39, 0.29) is 23.1 Å². The lowest BCUT2D eigenvalue weighted by Crippen LogP contribution is -2.05. The fraction of sp³-hybridized carbons (Fsp3) is 0.154. The molecule has 0 amide bonds. The number of halogens is 1. The van der Waals surface area contributed by atoms with Gasteiger partial charge in [0.05, 0.1) is 5.69 Å². The number of nitrogen functional groups attached to an aromatic ring is 2. The summed E-state index contributed by atoms with van der Waals surface area (Å²) >= 11 is 0. The lowest BCUT2D eigenvalue weighted by molar-refractivity contribution is 0.609. The van der Waals surface area contributed by atoms with E-state index in [1.54, 1.807) is 26.0 Å². The summed E-state index contributed by atoms with van der Waals surface area (Å²) in [6, 6.07) is 5.15. The quantitative estimate of drug-likeness (QED) is 0.812. The molecule has 0 aliphatic heterocycles. The number of hydrogen-bond acceptors (Lipinski definition) is 5. The number of aryl methyl sites for hydroxylation is 2. The van der Waals surface area contributed by atoms with Crippen LogP contribution in [0.4, 0.5) is 16.2 Å². The van der Waals surface area contributed by atoms with Crippen molar-refractivity contribution >= 4 is 11.8 Å². The lowest BCUT2D eigenvalue weighted by atomic mass is 10.0. The Morgan fingerprint density at radius 1 is 1.16 bits per heavy atom. The van der Waals surface area contributed by atoms with Gasteiger partial charge in [-0.25, -0.2) is 9.37 Å². The first-order valence-corrected chi connectivity index (χ1v) is 5.54. The van der Waals surface area contributed by atoms with E-state index in [0.717, 1.165) is 0 Å². The molecule has 1 aromatic heterocycles. The Balaban J connectivity index is 2.76. The average Bonchev–Trinajstić information content (AvgIpc) is 2.34. The Bertz CT molecular complexity index is 680. The molecule has 96 valence electrons. The Morgan fingerprint density at radius 2 is 1.74 bits per heavy atom. The van der Waals surface area contributed by atoms with Gasteiger partial charge in [0, 0.05) is 5.56 Å². The monoisotopic (exact) mass is 257 g/mol. The molecule has 19 heavy (non-hydrogen) atoms. The van der Waals surface area contributed by atoms with E-state index in [4.69, 9.17) is 16.7 Å². The van der Waals surface area contributed by atoms with Gasteiger partial charge in [-0.2, -0.15) is 10.2 Å². The van der Waals surface area contributed by atoms with Crippen molar-refractivity contribution in [1.82, 2.24) is 9.97 Å². The number of benzene rings is 1. The molecule has 0 aliphatic carbocycles. The van der Waals surface area contributed by atoms with Crippen LogP contribution in [-0.2, 0) is 0 Å². The second-order valence-corrected chi connectivity index (χ2v) is 4.23. The third-order valence-corrected chi connectivity index (χ3v) is 2.78. The predicted molar refractivity (Wildman–Crippen MR) is 70.4 cm³/mol. The van der Waals surface area contributed by atoms with Crippen molar-refractivity contribution in [3.63, 3.8) is 0 Å². The van der Waals surface area contributed by atoms with Crippen LogP contribution in [0.3, 0.4) is 0 Å². The highest BCUT2D eigenvalue weighted by atomic mass is 19.1. The van der Waals surface area contributed by atoms with Gasteiger partial charge in [0.1, 0.15) is 23.3 Å². The topological polar surface area (TPSA) is 102 Å². The molecule has 4 N–H and O–H groups in total. The zero-order valence-corrected chi connectivity index (χ0v) is 10.5. The molecule has 0 unspecified atom stereocenters. The molecule has 2 aromatic rings. The van der Waals surface area contributed by atoms with Crippen LogP contribution >= 0.6 is 0 Å². The summed E-state index contributed by atoms with van der Waals surface area (Å²) in [5.41, 5.74) is 13.2. The van der Waals surface area contributed by atoms with Crippen molar-refractivity contribution in [3.8, 4) is 17.3 Å². The molecule has 0 spiro atoms. The second-order valence-electron chi connectivity index (χ2n) is 4.23. The summed E-state index contributed by atoms with van der Waals surface area (Å²) < 4.78 is 13.6. The zero-order valence-electron chi connectivity index (χ0n) is 10.5. The molecule has 2 rings (SSSR count). The number of hydrogen-bond donors (Lipinski definition) is 2. The maximum Gasteiger partial charge on any atom is 0.222 e. The summed E-state index contributed by atoms with van der Waals surface area (Å²) in [5.74, 6) is -0.284. The Morgan fingerprint density at radius 3 is 2.26 bits per heavy atom. The summed E-state index contributed by atoms with van der Waals surface area (Å²) in [7, 11) is 0. The maximum atomic E-state index is 13.6. The van der Waals surface area contributed by atoms with Gasteiger partial charge in [-0.1, -0.05) is 0 Å². The largest absolute Gasteiger partial charge is 0.382 e. The molecule has 0 saturated heterocycles. The number of nitrogens with zero attached hydrogens (tertiary/aromatic N) is 3. The van der Waals surface area contributed by atoms with E-state index in [1.165, 1.54) is 0 Å². The number of nitriles is 1. The third kappa shape index (κ3) is 2.18. The minimum absolute atomic E-state index is 0.0182. The SMILES string of the molecule is Cc1cc(-c2nc(N)nc(N)c2C#N)cc(C)c1F. The van der Waals surface area contributed by atoms with Crippen molar-refractivity contribution in [3.05, 3.63) is 34.6 Å². The smallest absolute Gasteiger partial charge is 0.222 e. The molecule has 0 saturated carbocycles. The van der Waals surface area contributed by atoms with Gasteiger partial charge in [0.15, 0.2) is 0 Å². The highest BCUT2D eigenvalue weighted by Crippen LogP contribution is 2.28. The normalized spacial score (nSPS) is 10.2. The van der Waals surface area contributed by atoms with E-state index in [1.807, 2.05) is 6.07 Å². The van der Waals surface area contributed by atoms with Crippen LogP contribution in [0.5, 0.6) is 0 Å². The van der Waals surface area contributed by atoms with E-state index < -0.39 is 0 Å². The van der Waals surface area contributed by atoms with Crippen molar-refractivity contribution < 1.29 is 4.39 Å². The fourth-order valence-electron chi connectivity index (χ4n) is 1.90. The van der Waals surface area contributed by atoms with E-state index in [9.17, 15) is 4.39 Å². The van der Waals surface area contributed by atoms with E-state index >= 15 is 0 Å². The summed E-state index contributed by atoms with van der Waals surface area (Å²) in [4.78, 5) is 7.77. The Labute approximate surface area is 109 Å². The molecule has 5 nitrogen and oxygen atoms in total. The van der Waals surface area contributed by atoms with E-state index in [2.05, 4.69) is 9.97 Å². The number of nitrogens with two attached hydrogens (primary N) is 2. The van der Waals surface area contributed by atoms with Crippen molar-refractivity contribution in [2.75, 3.05) is 11.5 Å². The minimum atomic E-state index is -0.280. The summed E-state index contributed by atoms with van der Waals surface area (Å²) in [6.45, 7) is 3.29. The Kier molecular flexibility index (Phi) is 3.05. The van der Waals surface area contributed by atoms with Crippen molar-refractivity contribution in [2.24, 2.45) is 0 Å². The second kappa shape index (κ2) is 4.53. The molecule has 6 heteroatoms. The average molecular weight is 257 g/mol. The fourth-order valence-corrected chi connectivity index (χ4v) is 1.90. The molecule has 0 aliphatic rings. The first-order chi connectivity index (χ1) is 8.93. The van der Waals surface area contributed by atoms with Crippen LogP contribution in [0.15, 0.2) is 12.1 Å². The number of aromatic nitrogens is 2. The molecule has 0 bridgehead atoms. The van der Waals surface area contributed by atoms with Gasteiger partial charge < -0.3 is 11.5 Å². The van der Waals surface area contributed by atoms with Crippen molar-refractivity contribution in [2.45, 2.75) is 13.8 Å². The van der Waals surface area contributed by atoms with Gasteiger partial charge in [0.25, 0.3) is 0 Å². The molecule has 0 radical (unpaired) electrons. The van der Waals surface area contributed by atoms with Crippen LogP contribution in [-0.4, -0.2) is 9.97 Å². The molecule has 0 fully saturated rings. The zero-order chi connectivity index (χ0) is 14.2. The molecular formula is C13H12FN5. The standard InChI is InChI=1S/C13H12FN5/c1-6-3-8(4-7(2)10(6)14)11-9(5-15)12(16)19-13(17)18-11/h3-4H,1-2H3,(H4,16,17,18,19). The van der Waals surface area contributed by atoms with Gasteiger partial charge in [-0.05, 0) is 37.1 Å². The summed E-state index contributed by atoms with van der Waals surface area (Å²) in [5, 5.41) is 9.12. The minimum Gasteiger partial charge on any atom is -0.382 e. The molecule has 1 heterocycles. The molecular weight excluding hydrogens is 245 g/mol. The molecule has 1 aromatic carbocycles. The lowest BCUT2D eigenvalue weighted by Gasteiger charge is -2.09. The van der Waals surface area contributed by atoms with Gasteiger partial charge in [-0.15, -0.1) is 0 Å². The van der Waals surface area contributed by atoms with Crippen LogP contribution in [0.2, 0.25) is 0 Å². The van der Waals surface area contributed by atoms with Gasteiger partial charge in [-0.3, -0.25) is 0 Å². The van der Waals surface area contributed by atoms with Gasteiger partial charge >= 0.3 is 0 Å². The predicted octanol–water partition coefficient (Wildman–Crippen LogP) is 1.94. The van der Waals surface area contributed by atoms with Crippen LogP contribution < -0.4 is 11.5 Å². The highest BCUT2D eigenvalue weighted by molar-refractivity contribution is 5.73. The first kappa shape index (κ1) is 12.8. The van der Waals surface area contributed by atoms with Crippen LogP contribution in [0.25, 0.3) is 11.3 Å². The van der Waals surface area contributed by atoms with Crippen LogP contribution in [0.1, 0.15) is 16.7 Å². The third-order valence-electron chi connectivity index (χ3n) is 2.78. The van der Waals surface area contributed by atoms with Gasteiger partial charge in [0.2, 0.25) is 5.95 Å². The van der Waals surface area contributed by atoms with Crippen LogP contribution in [0, 0.1) is 31.0 Å². The highest BCUT2D eigenvalue weighted by Gasteiger charge is 2.15. The maximum absolute atomic E-state index is 13.6.